The van der Waals surface area contributed by atoms with Crippen LogP contribution in [-0.2, 0) is 12.6 Å². The van der Waals surface area contributed by atoms with Crippen LogP contribution in [-0.4, -0.2) is 5.78 Å². The summed E-state index contributed by atoms with van der Waals surface area (Å²) < 4.78 is 38.3. The van der Waals surface area contributed by atoms with Crippen LogP contribution in [0.3, 0.4) is 0 Å². The van der Waals surface area contributed by atoms with Crippen LogP contribution in [0.15, 0.2) is 42.5 Å². The maximum absolute atomic E-state index is 12.8. The van der Waals surface area contributed by atoms with Gasteiger partial charge in [-0.1, -0.05) is 30.3 Å². The van der Waals surface area contributed by atoms with Crippen molar-refractivity contribution in [3.05, 3.63) is 59.2 Å². The fourth-order valence-electron chi connectivity index (χ4n) is 2.62. The molecule has 0 amide bonds. The van der Waals surface area contributed by atoms with E-state index in [4.69, 9.17) is 0 Å². The number of Topliss-reactive ketones (excluding diaryl/α,β-unsaturated/α-hetero) is 1. The fourth-order valence-corrected chi connectivity index (χ4v) is 2.62. The largest absolute Gasteiger partial charge is 0.416 e. The quantitative estimate of drug-likeness (QED) is 0.749. The third-order valence-electron chi connectivity index (χ3n) is 3.58. The highest BCUT2D eigenvalue weighted by molar-refractivity contribution is 6.02. The Bertz CT molecular complexity index is 686. The second kappa shape index (κ2) is 4.47. The van der Waals surface area contributed by atoms with E-state index >= 15 is 0 Å². The molecule has 2 aromatic rings. The summed E-state index contributed by atoms with van der Waals surface area (Å²) in [6, 6.07) is 10.5. The topological polar surface area (TPSA) is 17.1 Å². The van der Waals surface area contributed by atoms with E-state index in [1.165, 1.54) is 6.07 Å². The van der Waals surface area contributed by atoms with Gasteiger partial charge >= 0.3 is 6.18 Å². The number of hydrogen-bond donors (Lipinski definition) is 0. The summed E-state index contributed by atoms with van der Waals surface area (Å²) >= 11 is 0. The van der Waals surface area contributed by atoms with E-state index in [1.807, 2.05) is 0 Å². The predicted molar refractivity (Wildman–Crippen MR) is 69.5 cm³/mol. The maximum Gasteiger partial charge on any atom is 0.416 e. The molecular formula is C16H11F3O. The molecule has 0 spiro atoms. The molecule has 1 aliphatic carbocycles. The van der Waals surface area contributed by atoms with Gasteiger partial charge < -0.3 is 0 Å². The molecule has 0 bridgehead atoms. The Labute approximate surface area is 114 Å². The second-order valence-corrected chi connectivity index (χ2v) is 4.83. The number of rotatable bonds is 1. The van der Waals surface area contributed by atoms with Gasteiger partial charge in [-0.05, 0) is 35.2 Å². The van der Waals surface area contributed by atoms with Crippen molar-refractivity contribution in [1.82, 2.24) is 0 Å². The Morgan fingerprint density at radius 1 is 0.900 bits per heavy atom. The van der Waals surface area contributed by atoms with Crippen LogP contribution in [0.1, 0.15) is 27.9 Å². The Morgan fingerprint density at radius 3 is 2.35 bits per heavy atom. The van der Waals surface area contributed by atoms with E-state index in [1.54, 1.807) is 24.3 Å². The lowest BCUT2D eigenvalue weighted by Crippen LogP contribution is -2.04. The average molecular weight is 276 g/mol. The fraction of sp³-hybridized carbons (Fsp3) is 0.188. The molecular weight excluding hydrogens is 265 g/mol. The molecule has 1 nitrogen and oxygen atoms in total. The van der Waals surface area contributed by atoms with Crippen molar-refractivity contribution < 1.29 is 18.0 Å². The normalized spacial score (nSPS) is 14.4. The molecule has 0 atom stereocenters. The first-order valence-corrected chi connectivity index (χ1v) is 6.29. The van der Waals surface area contributed by atoms with Crippen molar-refractivity contribution >= 4 is 5.78 Å². The Balaban J connectivity index is 2.14. The molecule has 0 heterocycles. The molecule has 3 rings (SSSR count). The van der Waals surface area contributed by atoms with Crippen LogP contribution >= 0.6 is 0 Å². The van der Waals surface area contributed by atoms with Crippen LogP contribution < -0.4 is 0 Å². The molecule has 0 saturated carbocycles. The maximum atomic E-state index is 12.8. The second-order valence-electron chi connectivity index (χ2n) is 4.83. The summed E-state index contributed by atoms with van der Waals surface area (Å²) in [4.78, 5) is 11.7. The highest BCUT2D eigenvalue weighted by Gasteiger charge is 2.31. The molecule has 1 aliphatic rings. The first-order chi connectivity index (χ1) is 9.47. The number of fused-ring (bicyclic) bond motifs is 1. The molecule has 102 valence electrons. The average Bonchev–Trinajstić information content (AvgIpc) is 2.80. The third-order valence-corrected chi connectivity index (χ3v) is 3.58. The Hall–Kier alpha value is -2.10. The summed E-state index contributed by atoms with van der Waals surface area (Å²) in [5, 5.41) is 0. The van der Waals surface area contributed by atoms with E-state index in [9.17, 15) is 18.0 Å². The van der Waals surface area contributed by atoms with Gasteiger partial charge in [0.2, 0.25) is 0 Å². The predicted octanol–water partition coefficient (Wildman–Crippen LogP) is 4.50. The Kier molecular flexibility index (Phi) is 2.89. The number of carbonyl (C=O) groups excluding carboxylic acids is 1. The van der Waals surface area contributed by atoms with Crippen molar-refractivity contribution in [3.8, 4) is 11.1 Å². The van der Waals surface area contributed by atoms with Crippen LogP contribution in [0.4, 0.5) is 13.2 Å². The van der Waals surface area contributed by atoms with E-state index in [0.717, 1.165) is 23.3 Å². The van der Waals surface area contributed by atoms with Crippen molar-refractivity contribution in [2.45, 2.75) is 19.0 Å². The molecule has 0 radical (unpaired) electrons. The van der Waals surface area contributed by atoms with Gasteiger partial charge in [0.1, 0.15) is 0 Å². The number of benzene rings is 2. The van der Waals surface area contributed by atoms with Gasteiger partial charge in [-0.25, -0.2) is 0 Å². The number of halogens is 3. The molecule has 0 aliphatic heterocycles. The minimum atomic E-state index is -4.36. The highest BCUT2D eigenvalue weighted by Crippen LogP contribution is 2.36. The van der Waals surface area contributed by atoms with Gasteiger partial charge in [0.05, 0.1) is 5.56 Å². The molecule has 0 unspecified atom stereocenters. The van der Waals surface area contributed by atoms with Gasteiger partial charge in [-0.2, -0.15) is 13.2 Å². The van der Waals surface area contributed by atoms with Gasteiger partial charge in [0.15, 0.2) is 5.78 Å². The zero-order valence-corrected chi connectivity index (χ0v) is 10.5. The van der Waals surface area contributed by atoms with Crippen molar-refractivity contribution in [2.75, 3.05) is 0 Å². The number of hydrogen-bond acceptors (Lipinski definition) is 1. The molecule has 20 heavy (non-hydrogen) atoms. The lowest BCUT2D eigenvalue weighted by atomic mass is 9.95. The first kappa shape index (κ1) is 12.9. The summed E-state index contributed by atoms with van der Waals surface area (Å²) in [7, 11) is 0. The van der Waals surface area contributed by atoms with Gasteiger partial charge in [-0.3, -0.25) is 4.79 Å². The van der Waals surface area contributed by atoms with E-state index in [2.05, 4.69) is 0 Å². The van der Waals surface area contributed by atoms with Crippen molar-refractivity contribution in [1.29, 1.82) is 0 Å². The zero-order chi connectivity index (χ0) is 14.3. The van der Waals surface area contributed by atoms with Crippen molar-refractivity contribution in [3.63, 3.8) is 0 Å². The summed E-state index contributed by atoms with van der Waals surface area (Å²) in [6.45, 7) is 0. The SMILES string of the molecule is O=C1CCc2c1cccc2-c1cccc(C(F)(F)F)c1. The molecule has 0 fully saturated rings. The molecule has 0 saturated heterocycles. The standard InChI is InChI=1S/C16H11F3O/c17-16(18,19)11-4-1-3-10(9-11)12-5-2-6-14-13(12)7-8-15(14)20/h1-6,9H,7-8H2. The first-order valence-electron chi connectivity index (χ1n) is 6.29. The smallest absolute Gasteiger partial charge is 0.294 e. The van der Waals surface area contributed by atoms with Gasteiger partial charge in [-0.15, -0.1) is 0 Å². The monoisotopic (exact) mass is 276 g/mol. The number of alkyl halides is 3. The van der Waals surface area contributed by atoms with Gasteiger partial charge in [0, 0.05) is 12.0 Å². The van der Waals surface area contributed by atoms with Gasteiger partial charge in [0.25, 0.3) is 0 Å². The van der Waals surface area contributed by atoms with E-state index in [-0.39, 0.29) is 5.78 Å². The molecule has 0 aromatic heterocycles. The summed E-state index contributed by atoms with van der Waals surface area (Å²) in [5.74, 6) is 0.0637. The molecule has 4 heteroatoms. The van der Waals surface area contributed by atoms with Crippen LogP contribution in [0, 0.1) is 0 Å². The lowest BCUT2D eigenvalue weighted by molar-refractivity contribution is -0.137. The van der Waals surface area contributed by atoms with Crippen LogP contribution in [0.5, 0.6) is 0 Å². The summed E-state index contributed by atoms with van der Waals surface area (Å²) in [6.07, 6.45) is -3.32. The number of ketones is 1. The lowest BCUT2D eigenvalue weighted by Gasteiger charge is -2.11. The minimum absolute atomic E-state index is 0.0637. The number of carbonyl (C=O) groups is 1. The van der Waals surface area contributed by atoms with Crippen LogP contribution in [0.25, 0.3) is 11.1 Å². The third kappa shape index (κ3) is 2.11. The van der Waals surface area contributed by atoms with E-state index in [0.29, 0.717) is 24.0 Å². The minimum Gasteiger partial charge on any atom is -0.294 e. The Morgan fingerprint density at radius 2 is 1.60 bits per heavy atom. The van der Waals surface area contributed by atoms with Crippen LogP contribution in [0.2, 0.25) is 0 Å². The summed E-state index contributed by atoms with van der Waals surface area (Å²) in [5.41, 5.74) is 2.06. The molecule has 2 aromatic carbocycles. The van der Waals surface area contributed by atoms with E-state index < -0.39 is 11.7 Å². The zero-order valence-electron chi connectivity index (χ0n) is 10.5. The molecule has 0 N–H and O–H groups in total. The highest BCUT2D eigenvalue weighted by atomic mass is 19.4. The van der Waals surface area contributed by atoms with Crippen molar-refractivity contribution in [2.24, 2.45) is 0 Å².